The lowest BCUT2D eigenvalue weighted by atomic mass is 10.3. The van der Waals surface area contributed by atoms with Gasteiger partial charge in [-0.05, 0) is 0 Å². The normalized spacial score (nSPS) is 12.9. The molecule has 4 heteroatoms. The lowest BCUT2D eigenvalue weighted by Crippen LogP contribution is -2.09. The minimum atomic E-state index is 0.188. The fraction of sp³-hybridized carbons (Fsp3) is 0.667. The van der Waals surface area contributed by atoms with Crippen LogP contribution in [0.25, 0.3) is 0 Å². The van der Waals surface area contributed by atoms with E-state index >= 15 is 0 Å². The van der Waals surface area contributed by atoms with Crippen molar-refractivity contribution >= 4 is 23.5 Å². The third-order valence-electron chi connectivity index (χ3n) is 1.43. The first-order chi connectivity index (χ1) is 7.16. The van der Waals surface area contributed by atoms with Gasteiger partial charge < -0.3 is 0 Å². The van der Waals surface area contributed by atoms with Gasteiger partial charge >= 0.3 is 0 Å². The summed E-state index contributed by atoms with van der Waals surface area (Å²) in [6.07, 6.45) is 3.73. The third kappa shape index (κ3) is 5.75. The molecule has 0 atom stereocenters. The summed E-state index contributed by atoms with van der Waals surface area (Å²) < 4.78 is 0.376. The van der Waals surface area contributed by atoms with Crippen LogP contribution in [0, 0.1) is 0 Å². The van der Waals surface area contributed by atoms with Gasteiger partial charge in [0.1, 0.15) is 10.1 Å². The van der Waals surface area contributed by atoms with Crippen LogP contribution in [-0.4, -0.2) is 19.5 Å². The molecular weight excluding hydrogens is 236 g/mol. The van der Waals surface area contributed by atoms with E-state index in [1.54, 1.807) is 23.5 Å². The summed E-state index contributed by atoms with van der Waals surface area (Å²) in [5.41, 5.74) is 0. The molecule has 0 spiro atoms. The molecule has 1 aromatic heterocycles. The van der Waals surface area contributed by atoms with Crippen molar-refractivity contribution in [3.63, 3.8) is 0 Å². The van der Waals surface area contributed by atoms with Gasteiger partial charge in [0, 0.05) is 9.49 Å². The van der Waals surface area contributed by atoms with Crippen LogP contribution in [-0.2, 0) is 0 Å². The molecule has 0 bridgehead atoms. The molecule has 2 nitrogen and oxygen atoms in total. The molecule has 0 aliphatic carbocycles. The summed E-state index contributed by atoms with van der Waals surface area (Å²) >= 11 is 3.49. The maximum absolute atomic E-state index is 4.43. The van der Waals surface area contributed by atoms with E-state index < -0.39 is 0 Å². The van der Waals surface area contributed by atoms with Crippen LogP contribution in [0.2, 0.25) is 0 Å². The highest BCUT2D eigenvalue weighted by Crippen LogP contribution is 2.32. The summed E-state index contributed by atoms with van der Waals surface area (Å²) in [6.45, 7) is 13.1. The van der Waals surface area contributed by atoms with E-state index in [1.807, 2.05) is 12.4 Å². The van der Waals surface area contributed by atoms with Crippen LogP contribution in [0.1, 0.15) is 41.5 Å². The molecule has 0 unspecified atom stereocenters. The van der Waals surface area contributed by atoms with Crippen molar-refractivity contribution in [2.24, 2.45) is 0 Å². The minimum absolute atomic E-state index is 0.188. The van der Waals surface area contributed by atoms with E-state index in [4.69, 9.17) is 0 Å². The van der Waals surface area contributed by atoms with E-state index in [-0.39, 0.29) is 9.49 Å². The lowest BCUT2D eigenvalue weighted by molar-refractivity contribution is 0.789. The van der Waals surface area contributed by atoms with Crippen molar-refractivity contribution in [3.8, 4) is 0 Å². The molecule has 0 aliphatic heterocycles. The first kappa shape index (κ1) is 13.8. The molecule has 0 amide bonds. The zero-order chi connectivity index (χ0) is 12.4. The van der Waals surface area contributed by atoms with E-state index in [9.17, 15) is 0 Å². The average Bonchev–Trinajstić information content (AvgIpc) is 2.03. The second kappa shape index (κ2) is 4.96. The van der Waals surface area contributed by atoms with Gasteiger partial charge in [0.2, 0.25) is 0 Å². The predicted molar refractivity (Wildman–Crippen MR) is 73.3 cm³/mol. The number of aromatic nitrogens is 2. The second-order valence-electron chi connectivity index (χ2n) is 5.62. The van der Waals surface area contributed by atoms with Crippen LogP contribution in [0.15, 0.2) is 22.4 Å². The summed E-state index contributed by atoms with van der Waals surface area (Å²) in [4.78, 5) is 8.86. The Morgan fingerprint density at radius 3 is 1.25 bits per heavy atom. The number of hydrogen-bond acceptors (Lipinski definition) is 4. The monoisotopic (exact) mass is 256 g/mol. The summed E-state index contributed by atoms with van der Waals surface area (Å²) in [5, 5.41) is 1.98. The summed E-state index contributed by atoms with van der Waals surface area (Å²) in [5.74, 6) is 0. The topological polar surface area (TPSA) is 25.8 Å². The van der Waals surface area contributed by atoms with Gasteiger partial charge in [-0.1, -0.05) is 65.1 Å². The Morgan fingerprint density at radius 2 is 1.06 bits per heavy atom. The molecule has 0 saturated carbocycles. The zero-order valence-electron chi connectivity index (χ0n) is 10.9. The van der Waals surface area contributed by atoms with Gasteiger partial charge in [-0.3, -0.25) is 0 Å². The maximum atomic E-state index is 4.43. The molecule has 1 aromatic rings. The first-order valence-corrected chi connectivity index (χ1v) is 6.99. The van der Waals surface area contributed by atoms with Crippen molar-refractivity contribution in [1.29, 1.82) is 0 Å². The Balaban J connectivity index is 2.69. The molecular formula is C12H20N2S2. The molecule has 0 aliphatic rings. The highest BCUT2D eigenvalue weighted by atomic mass is 32.2. The van der Waals surface area contributed by atoms with Crippen LogP contribution in [0.5, 0.6) is 0 Å². The molecule has 16 heavy (non-hydrogen) atoms. The highest BCUT2D eigenvalue weighted by Gasteiger charge is 2.15. The van der Waals surface area contributed by atoms with Crippen molar-refractivity contribution in [2.45, 2.75) is 61.1 Å². The van der Waals surface area contributed by atoms with Crippen molar-refractivity contribution in [2.75, 3.05) is 0 Å². The van der Waals surface area contributed by atoms with Crippen LogP contribution in [0.3, 0.4) is 0 Å². The van der Waals surface area contributed by atoms with Gasteiger partial charge in [0.25, 0.3) is 0 Å². The maximum Gasteiger partial charge on any atom is 0.115 e. The van der Waals surface area contributed by atoms with Gasteiger partial charge in [0.05, 0.1) is 12.4 Å². The Hall–Kier alpha value is -0.220. The van der Waals surface area contributed by atoms with Gasteiger partial charge in [0.15, 0.2) is 0 Å². The number of thioether (sulfide) groups is 2. The largest absolute Gasteiger partial charge is 0.245 e. The molecule has 90 valence electrons. The fourth-order valence-electron chi connectivity index (χ4n) is 1.04. The molecule has 0 saturated heterocycles. The van der Waals surface area contributed by atoms with Gasteiger partial charge in [-0.15, -0.1) is 0 Å². The summed E-state index contributed by atoms with van der Waals surface area (Å²) in [7, 11) is 0. The lowest BCUT2D eigenvalue weighted by Gasteiger charge is -2.18. The van der Waals surface area contributed by atoms with E-state index in [0.717, 1.165) is 10.1 Å². The van der Waals surface area contributed by atoms with E-state index in [1.165, 1.54) is 0 Å². The molecule has 0 N–H and O–H groups in total. The molecule has 0 fully saturated rings. The Morgan fingerprint density at radius 1 is 0.750 bits per heavy atom. The van der Waals surface area contributed by atoms with Gasteiger partial charge in [-0.25, -0.2) is 9.97 Å². The first-order valence-electron chi connectivity index (χ1n) is 5.36. The van der Waals surface area contributed by atoms with E-state index in [0.29, 0.717) is 0 Å². The minimum Gasteiger partial charge on any atom is -0.245 e. The third-order valence-corrected chi connectivity index (χ3v) is 3.49. The van der Waals surface area contributed by atoms with Crippen molar-refractivity contribution < 1.29 is 0 Å². The average molecular weight is 256 g/mol. The van der Waals surface area contributed by atoms with Gasteiger partial charge in [-0.2, -0.15) is 0 Å². The second-order valence-corrected chi connectivity index (χ2v) is 9.32. The van der Waals surface area contributed by atoms with Crippen LogP contribution >= 0.6 is 23.5 Å². The smallest absolute Gasteiger partial charge is 0.115 e. The number of nitrogens with zero attached hydrogens (tertiary/aromatic N) is 2. The Bertz CT molecular complexity index is 299. The standard InChI is InChI=1S/C12H20N2S2/c1-11(2,3)15-9-7-14-10(8-13-9)16-12(4,5)6/h7-8H,1-6H3. The van der Waals surface area contributed by atoms with Crippen molar-refractivity contribution in [1.82, 2.24) is 9.97 Å². The zero-order valence-corrected chi connectivity index (χ0v) is 12.5. The Labute approximate surface area is 107 Å². The van der Waals surface area contributed by atoms with E-state index in [2.05, 4.69) is 51.5 Å². The number of hydrogen-bond donors (Lipinski definition) is 0. The fourth-order valence-corrected chi connectivity index (χ4v) is 2.71. The molecule has 1 heterocycles. The number of rotatable bonds is 2. The molecule has 1 rings (SSSR count). The highest BCUT2D eigenvalue weighted by molar-refractivity contribution is 8.00. The predicted octanol–water partition coefficient (Wildman–Crippen LogP) is 4.26. The van der Waals surface area contributed by atoms with Crippen LogP contribution in [0.4, 0.5) is 0 Å². The quantitative estimate of drug-likeness (QED) is 0.738. The van der Waals surface area contributed by atoms with Crippen molar-refractivity contribution in [3.05, 3.63) is 12.4 Å². The molecule has 0 aromatic carbocycles. The Kier molecular flexibility index (Phi) is 4.29. The summed E-state index contributed by atoms with van der Waals surface area (Å²) in [6, 6.07) is 0. The van der Waals surface area contributed by atoms with Crippen LogP contribution < -0.4 is 0 Å². The SMILES string of the molecule is CC(C)(C)Sc1cnc(SC(C)(C)C)cn1. The molecule has 0 radical (unpaired) electrons.